The molecule has 3 aromatic rings. The van der Waals surface area contributed by atoms with Gasteiger partial charge in [0.1, 0.15) is 0 Å². The van der Waals surface area contributed by atoms with Crippen LogP contribution < -0.4 is 0 Å². The molecule has 0 aliphatic rings. The number of hydrogen-bond donors (Lipinski definition) is 0. The van der Waals surface area contributed by atoms with Crippen LogP contribution in [0.15, 0.2) is 45.4 Å². The third kappa shape index (κ3) is 3.72. The Balaban J connectivity index is 1.59. The molecule has 3 rings (SSSR count). The van der Waals surface area contributed by atoms with Crippen LogP contribution in [-0.4, -0.2) is 16.2 Å². The maximum absolute atomic E-state index is 11.9. The van der Waals surface area contributed by atoms with Gasteiger partial charge in [0.05, 0.1) is 12.7 Å². The third-order valence-electron chi connectivity index (χ3n) is 2.94. The highest BCUT2D eigenvalue weighted by atomic mass is 35.5. The van der Waals surface area contributed by atoms with Gasteiger partial charge in [0.25, 0.3) is 11.8 Å². The second kappa shape index (κ2) is 6.85. The molecule has 0 bridgehead atoms. The highest BCUT2D eigenvalue weighted by molar-refractivity contribution is 6.36. The monoisotopic (exact) mass is 352 g/mol. The van der Waals surface area contributed by atoms with E-state index in [1.54, 1.807) is 30.3 Å². The minimum absolute atomic E-state index is 0.0440. The van der Waals surface area contributed by atoms with Crippen LogP contribution in [0.3, 0.4) is 0 Å². The van der Waals surface area contributed by atoms with Crippen LogP contribution in [0.25, 0.3) is 11.7 Å². The highest BCUT2D eigenvalue weighted by Crippen LogP contribution is 2.25. The zero-order chi connectivity index (χ0) is 16.2. The van der Waals surface area contributed by atoms with Crippen molar-refractivity contribution < 1.29 is 18.4 Å². The molecule has 0 aliphatic heterocycles. The van der Waals surface area contributed by atoms with Gasteiger partial charge in [-0.3, -0.25) is 4.79 Å². The van der Waals surface area contributed by atoms with Crippen molar-refractivity contribution >= 4 is 29.2 Å². The van der Waals surface area contributed by atoms with Gasteiger partial charge in [-0.2, -0.15) is 0 Å². The number of hydrogen-bond acceptors (Lipinski definition) is 6. The highest BCUT2D eigenvalue weighted by Gasteiger charge is 2.15. The van der Waals surface area contributed by atoms with Crippen molar-refractivity contribution in [3.8, 4) is 11.7 Å². The summed E-state index contributed by atoms with van der Waals surface area (Å²) in [4.78, 5) is 11.9. The van der Waals surface area contributed by atoms with E-state index in [4.69, 9.17) is 36.8 Å². The van der Waals surface area contributed by atoms with Crippen LogP contribution >= 0.6 is 23.2 Å². The van der Waals surface area contributed by atoms with Gasteiger partial charge in [-0.25, -0.2) is 0 Å². The Hall–Kier alpha value is -2.31. The van der Waals surface area contributed by atoms with Crippen LogP contribution in [-0.2, 0) is 22.6 Å². The van der Waals surface area contributed by atoms with Gasteiger partial charge < -0.3 is 13.6 Å². The van der Waals surface area contributed by atoms with Gasteiger partial charge >= 0.3 is 5.97 Å². The molecule has 0 radical (unpaired) electrons. The number of ether oxygens (including phenoxy) is 1. The Bertz CT molecular complexity index is 795. The molecule has 0 saturated carbocycles. The van der Waals surface area contributed by atoms with E-state index < -0.39 is 5.97 Å². The number of carbonyl (C=O) groups excluding carboxylic acids is 1. The molecular weight excluding hydrogens is 343 g/mol. The van der Waals surface area contributed by atoms with Crippen molar-refractivity contribution in [1.82, 2.24) is 10.2 Å². The quantitative estimate of drug-likeness (QED) is 0.647. The van der Waals surface area contributed by atoms with E-state index in [9.17, 15) is 4.79 Å². The number of halogens is 2. The van der Waals surface area contributed by atoms with Crippen molar-refractivity contribution in [3.63, 3.8) is 0 Å². The van der Waals surface area contributed by atoms with E-state index in [0.717, 1.165) is 0 Å². The first-order valence-corrected chi connectivity index (χ1v) is 7.34. The molecule has 0 spiro atoms. The Morgan fingerprint density at radius 2 is 1.91 bits per heavy atom. The SMILES string of the molecule is O=C(Cc1c(Cl)cccc1Cl)OCc1nnc(-c2ccco2)o1. The fourth-order valence-electron chi connectivity index (χ4n) is 1.85. The first-order chi connectivity index (χ1) is 11.1. The first kappa shape index (κ1) is 15.6. The molecule has 0 fully saturated rings. The number of furan rings is 1. The minimum Gasteiger partial charge on any atom is -0.459 e. The predicted molar refractivity (Wildman–Crippen MR) is 82.0 cm³/mol. The van der Waals surface area contributed by atoms with Gasteiger partial charge in [-0.05, 0) is 24.3 Å². The Morgan fingerprint density at radius 1 is 1.13 bits per heavy atom. The molecule has 0 saturated heterocycles. The fourth-order valence-corrected chi connectivity index (χ4v) is 2.38. The van der Waals surface area contributed by atoms with Gasteiger partial charge in [-0.1, -0.05) is 29.3 Å². The smallest absolute Gasteiger partial charge is 0.310 e. The summed E-state index contributed by atoms with van der Waals surface area (Å²) in [5, 5.41) is 8.40. The lowest BCUT2D eigenvalue weighted by Gasteiger charge is -2.06. The second-order valence-electron chi connectivity index (χ2n) is 4.52. The number of rotatable bonds is 5. The molecule has 0 atom stereocenters. The summed E-state index contributed by atoms with van der Waals surface area (Å²) in [5.74, 6) is 0.320. The van der Waals surface area contributed by atoms with Crippen LogP contribution in [0.4, 0.5) is 0 Å². The summed E-state index contributed by atoms with van der Waals surface area (Å²) >= 11 is 12.0. The molecule has 6 nitrogen and oxygen atoms in total. The Labute approximate surface area is 141 Å². The van der Waals surface area contributed by atoms with Crippen LogP contribution in [0, 0.1) is 0 Å². The molecule has 8 heteroatoms. The van der Waals surface area contributed by atoms with E-state index in [0.29, 0.717) is 21.4 Å². The molecule has 0 amide bonds. The lowest BCUT2D eigenvalue weighted by molar-refractivity contribution is -0.144. The summed E-state index contributed by atoms with van der Waals surface area (Å²) in [5.41, 5.74) is 0.516. The molecule has 0 N–H and O–H groups in total. The largest absolute Gasteiger partial charge is 0.459 e. The molecule has 118 valence electrons. The number of carbonyl (C=O) groups is 1. The Kier molecular flexibility index (Phi) is 4.64. The van der Waals surface area contributed by atoms with Crippen LogP contribution in [0.2, 0.25) is 10.0 Å². The second-order valence-corrected chi connectivity index (χ2v) is 5.33. The van der Waals surface area contributed by atoms with E-state index >= 15 is 0 Å². The lowest BCUT2D eigenvalue weighted by atomic mass is 10.1. The molecule has 2 heterocycles. The van der Waals surface area contributed by atoms with Crippen LogP contribution in [0.1, 0.15) is 11.5 Å². The van der Waals surface area contributed by atoms with Crippen molar-refractivity contribution in [1.29, 1.82) is 0 Å². The van der Waals surface area contributed by atoms with Crippen LogP contribution in [0.5, 0.6) is 0 Å². The maximum atomic E-state index is 11.9. The molecule has 2 aromatic heterocycles. The molecule has 1 aromatic carbocycles. The topological polar surface area (TPSA) is 78.4 Å². The van der Waals surface area contributed by atoms with E-state index in [1.807, 2.05) is 0 Å². The van der Waals surface area contributed by atoms with E-state index in [-0.39, 0.29) is 24.8 Å². The number of nitrogens with zero attached hydrogens (tertiary/aromatic N) is 2. The summed E-state index contributed by atoms with van der Waals surface area (Å²) < 4.78 is 15.6. The van der Waals surface area contributed by atoms with Crippen molar-refractivity contribution in [2.75, 3.05) is 0 Å². The van der Waals surface area contributed by atoms with E-state index in [2.05, 4.69) is 10.2 Å². The summed E-state index contributed by atoms with van der Waals surface area (Å²) in [6, 6.07) is 8.40. The van der Waals surface area contributed by atoms with Gasteiger partial charge in [0.2, 0.25) is 0 Å². The molecule has 0 unspecified atom stereocenters. The van der Waals surface area contributed by atoms with Crippen molar-refractivity contribution in [2.24, 2.45) is 0 Å². The van der Waals surface area contributed by atoms with Gasteiger partial charge in [0, 0.05) is 15.6 Å². The standard InChI is InChI=1S/C15H10Cl2N2O4/c16-10-3-1-4-11(17)9(10)7-14(20)22-8-13-18-19-15(23-13)12-5-2-6-21-12/h1-6H,7-8H2. The summed E-state index contributed by atoms with van der Waals surface area (Å²) in [6.07, 6.45) is 1.45. The zero-order valence-electron chi connectivity index (χ0n) is 11.7. The van der Waals surface area contributed by atoms with E-state index in [1.165, 1.54) is 6.26 Å². The van der Waals surface area contributed by atoms with Gasteiger partial charge in [0.15, 0.2) is 12.4 Å². The summed E-state index contributed by atoms with van der Waals surface area (Å²) in [7, 11) is 0. The minimum atomic E-state index is -0.502. The fraction of sp³-hybridized carbons (Fsp3) is 0.133. The molecular formula is C15H10Cl2N2O4. The van der Waals surface area contributed by atoms with Gasteiger partial charge in [-0.15, -0.1) is 10.2 Å². The normalized spacial score (nSPS) is 10.7. The third-order valence-corrected chi connectivity index (χ3v) is 3.65. The van der Waals surface area contributed by atoms with Crippen molar-refractivity contribution in [3.05, 3.63) is 58.1 Å². The predicted octanol–water partition coefficient (Wildman–Crippen LogP) is 3.92. The number of aromatic nitrogens is 2. The number of benzene rings is 1. The average molecular weight is 353 g/mol. The summed E-state index contributed by atoms with van der Waals surface area (Å²) in [6.45, 7) is -0.144. The average Bonchev–Trinajstić information content (AvgIpc) is 3.19. The number of esters is 1. The lowest BCUT2D eigenvalue weighted by Crippen LogP contribution is -2.09. The maximum Gasteiger partial charge on any atom is 0.310 e. The zero-order valence-corrected chi connectivity index (χ0v) is 13.2. The molecule has 23 heavy (non-hydrogen) atoms. The Morgan fingerprint density at radius 3 is 2.61 bits per heavy atom. The molecule has 0 aliphatic carbocycles. The van der Waals surface area contributed by atoms with Crippen molar-refractivity contribution in [2.45, 2.75) is 13.0 Å². The first-order valence-electron chi connectivity index (χ1n) is 6.58.